The molecule has 0 spiro atoms. The topological polar surface area (TPSA) is 53.7 Å². The first kappa shape index (κ1) is 13.6. The minimum atomic E-state index is -2.94. The molecule has 4 nitrogen and oxygen atoms in total. The Bertz CT molecular complexity index is 94.4. The van der Waals surface area contributed by atoms with Crippen LogP contribution in [0.2, 0.25) is 4.73 Å². The normalized spacial score (nSPS) is 12.0. The van der Waals surface area contributed by atoms with Crippen LogP contribution in [0.15, 0.2) is 0 Å². The number of rotatable bonds is 8. The summed E-state index contributed by atoms with van der Waals surface area (Å²) in [6.07, 6.45) is 0. The van der Waals surface area contributed by atoms with Crippen LogP contribution >= 0.6 is 0 Å². The third-order valence-corrected chi connectivity index (χ3v) is 6.36. The van der Waals surface area contributed by atoms with E-state index < -0.39 is 17.8 Å². The Morgan fingerprint density at radius 1 is 0.923 bits per heavy atom. The Labute approximate surface area is 85.5 Å². The second-order valence-electron chi connectivity index (χ2n) is 2.52. The molecule has 0 aromatic rings. The molecule has 0 aliphatic heterocycles. The molecule has 0 saturated carbocycles. The maximum absolute atomic E-state index is 5.61. The molecule has 0 amide bonds. The molecule has 0 aromatic carbocycles. The molecule has 0 bridgehead atoms. The summed E-state index contributed by atoms with van der Waals surface area (Å²) in [5, 5.41) is 0. The zero-order valence-electron chi connectivity index (χ0n) is 8.84. The van der Waals surface area contributed by atoms with Gasteiger partial charge in [0.1, 0.15) is 0 Å². The summed E-state index contributed by atoms with van der Waals surface area (Å²) in [4.78, 5) is 0. The van der Waals surface area contributed by atoms with Crippen LogP contribution in [0.25, 0.3) is 0 Å². The molecule has 2 N–H and O–H groups in total. The molecule has 80 valence electrons. The number of hydrogen-bond acceptors (Lipinski definition) is 4. The number of nitrogens with two attached hydrogens (primary N) is 1. The van der Waals surface area contributed by atoms with Crippen molar-refractivity contribution < 1.29 is 27.7 Å². The monoisotopic (exact) mass is 227 g/mol. The SMILES string of the molecule is CC[O][Ti]([CH2]CN)([O]CC)[O]CC. The van der Waals surface area contributed by atoms with Crippen LogP contribution in [0.3, 0.4) is 0 Å². The van der Waals surface area contributed by atoms with Gasteiger partial charge in [-0.1, -0.05) is 0 Å². The maximum atomic E-state index is 5.61. The minimum absolute atomic E-state index is 0.569. The van der Waals surface area contributed by atoms with Crippen molar-refractivity contribution in [1.29, 1.82) is 0 Å². The van der Waals surface area contributed by atoms with E-state index in [2.05, 4.69) is 0 Å². The van der Waals surface area contributed by atoms with Crippen molar-refractivity contribution in [3.05, 3.63) is 0 Å². The van der Waals surface area contributed by atoms with E-state index in [9.17, 15) is 0 Å². The van der Waals surface area contributed by atoms with Crippen LogP contribution in [0, 0.1) is 0 Å². The summed E-state index contributed by atoms with van der Waals surface area (Å²) in [5.74, 6) is 0. The van der Waals surface area contributed by atoms with E-state index in [1.807, 2.05) is 20.8 Å². The Morgan fingerprint density at radius 2 is 1.31 bits per heavy atom. The van der Waals surface area contributed by atoms with E-state index in [0.717, 1.165) is 4.73 Å². The van der Waals surface area contributed by atoms with Crippen molar-refractivity contribution in [3.63, 3.8) is 0 Å². The summed E-state index contributed by atoms with van der Waals surface area (Å²) in [7, 11) is 0. The van der Waals surface area contributed by atoms with Gasteiger partial charge in [-0.15, -0.1) is 0 Å². The molecule has 5 heteroatoms. The van der Waals surface area contributed by atoms with E-state index in [-0.39, 0.29) is 0 Å². The van der Waals surface area contributed by atoms with Crippen LogP contribution in [0.5, 0.6) is 0 Å². The second-order valence-corrected chi connectivity index (χ2v) is 6.79. The fraction of sp³-hybridized carbons (Fsp3) is 1.00. The van der Waals surface area contributed by atoms with Gasteiger partial charge in [0.15, 0.2) is 0 Å². The van der Waals surface area contributed by atoms with Gasteiger partial charge in [0.05, 0.1) is 0 Å². The van der Waals surface area contributed by atoms with Gasteiger partial charge >= 0.3 is 85.3 Å². The Morgan fingerprint density at radius 3 is 1.54 bits per heavy atom. The zero-order chi connectivity index (χ0) is 10.2. The summed E-state index contributed by atoms with van der Waals surface area (Å²) in [6, 6.07) is 0. The summed E-state index contributed by atoms with van der Waals surface area (Å²) >= 11 is -2.94. The predicted molar refractivity (Wildman–Crippen MR) is 48.7 cm³/mol. The van der Waals surface area contributed by atoms with Gasteiger partial charge in [-0.2, -0.15) is 0 Å². The molecule has 0 rings (SSSR count). The van der Waals surface area contributed by atoms with Crippen LogP contribution in [-0.4, -0.2) is 26.4 Å². The number of hydrogen-bond donors (Lipinski definition) is 1. The van der Waals surface area contributed by atoms with Crippen molar-refractivity contribution in [2.45, 2.75) is 25.5 Å². The van der Waals surface area contributed by atoms with Crippen molar-refractivity contribution in [2.75, 3.05) is 26.4 Å². The third kappa shape index (κ3) is 5.10. The van der Waals surface area contributed by atoms with Crippen LogP contribution in [0.1, 0.15) is 20.8 Å². The molecule has 0 saturated heterocycles. The molecule has 0 aromatic heterocycles. The van der Waals surface area contributed by atoms with Crippen molar-refractivity contribution in [1.82, 2.24) is 0 Å². The molecule has 0 unspecified atom stereocenters. The predicted octanol–water partition coefficient (Wildman–Crippen LogP) is 1.37. The Kier molecular flexibility index (Phi) is 8.25. The van der Waals surface area contributed by atoms with Gasteiger partial charge in [-0.3, -0.25) is 0 Å². The van der Waals surface area contributed by atoms with Crippen LogP contribution in [-0.2, 0) is 27.7 Å². The zero-order valence-corrected chi connectivity index (χ0v) is 10.4. The fourth-order valence-electron chi connectivity index (χ4n) is 1.18. The van der Waals surface area contributed by atoms with E-state index in [1.165, 1.54) is 0 Å². The molecule has 0 radical (unpaired) electrons. The second kappa shape index (κ2) is 7.91. The summed E-state index contributed by atoms with van der Waals surface area (Å²) in [5.41, 5.74) is 5.51. The van der Waals surface area contributed by atoms with Gasteiger partial charge in [-0.25, -0.2) is 0 Å². The third-order valence-electron chi connectivity index (χ3n) is 1.54. The molecule has 0 aliphatic rings. The quantitative estimate of drug-likeness (QED) is 0.636. The van der Waals surface area contributed by atoms with Crippen molar-refractivity contribution in [2.24, 2.45) is 5.73 Å². The van der Waals surface area contributed by atoms with E-state index in [0.29, 0.717) is 26.4 Å². The average molecular weight is 227 g/mol. The molecule has 0 heterocycles. The molecule has 0 atom stereocenters. The van der Waals surface area contributed by atoms with Crippen LogP contribution in [0.4, 0.5) is 0 Å². The van der Waals surface area contributed by atoms with Gasteiger partial charge in [0, 0.05) is 0 Å². The van der Waals surface area contributed by atoms with E-state index in [4.69, 9.17) is 15.7 Å². The van der Waals surface area contributed by atoms with Crippen molar-refractivity contribution >= 4 is 0 Å². The Balaban J connectivity index is 4.19. The molecule has 0 aliphatic carbocycles. The van der Waals surface area contributed by atoms with E-state index in [1.54, 1.807) is 0 Å². The molecule has 13 heavy (non-hydrogen) atoms. The van der Waals surface area contributed by atoms with Crippen LogP contribution < -0.4 is 5.73 Å². The standard InChI is InChI=1S/C2H6N.3C2H5O.Ti/c4*1-2-3;/h1-3H2;3*2H2,1H3;/q;3*-1;+3. The molecule has 0 fully saturated rings. The van der Waals surface area contributed by atoms with E-state index >= 15 is 0 Å². The first-order valence-corrected chi connectivity index (χ1v) is 7.88. The average Bonchev–Trinajstić information content (AvgIpc) is 2.06. The van der Waals surface area contributed by atoms with Gasteiger partial charge in [0.2, 0.25) is 0 Å². The molecular formula is C8H21NO3Ti. The van der Waals surface area contributed by atoms with Gasteiger partial charge in [-0.05, 0) is 0 Å². The first-order chi connectivity index (χ1) is 6.24. The fourth-order valence-corrected chi connectivity index (χ4v) is 4.86. The van der Waals surface area contributed by atoms with Gasteiger partial charge < -0.3 is 0 Å². The summed E-state index contributed by atoms with van der Waals surface area (Å²) in [6.45, 7) is 8.34. The van der Waals surface area contributed by atoms with Gasteiger partial charge in [0.25, 0.3) is 0 Å². The first-order valence-electron chi connectivity index (χ1n) is 4.86. The Hall–Kier alpha value is 0.554. The van der Waals surface area contributed by atoms with Crippen molar-refractivity contribution in [3.8, 4) is 0 Å². The summed E-state index contributed by atoms with van der Waals surface area (Å²) < 4.78 is 17.6. The molecular weight excluding hydrogens is 206 g/mol.